The SMILES string of the molecule is CO[C@H]1OC(CO)(CC(C)N)[C@H](O)[C@@H](O)[C@@H]1O. The molecule has 1 aliphatic rings. The molecule has 6 N–H and O–H groups in total. The molecule has 1 heterocycles. The predicted octanol–water partition coefficient (Wildman–Crippen LogP) is -2.46. The fourth-order valence-corrected chi connectivity index (χ4v) is 2.13. The molecule has 1 fully saturated rings. The summed E-state index contributed by atoms with van der Waals surface area (Å²) in [5.41, 5.74) is 4.20. The highest BCUT2D eigenvalue weighted by molar-refractivity contribution is 5.01. The van der Waals surface area contributed by atoms with E-state index < -0.39 is 36.8 Å². The van der Waals surface area contributed by atoms with Gasteiger partial charge in [-0.15, -0.1) is 0 Å². The summed E-state index contributed by atoms with van der Waals surface area (Å²) >= 11 is 0. The largest absolute Gasteiger partial charge is 0.393 e. The molecule has 0 aliphatic carbocycles. The van der Waals surface area contributed by atoms with E-state index in [2.05, 4.69) is 0 Å². The number of rotatable bonds is 4. The van der Waals surface area contributed by atoms with Crippen LogP contribution in [0, 0.1) is 0 Å². The Bertz CT molecular complexity index is 249. The average Bonchev–Trinajstić information content (AvgIpc) is 2.29. The molecular weight excluding hydrogens is 230 g/mol. The van der Waals surface area contributed by atoms with Gasteiger partial charge in [0.15, 0.2) is 6.29 Å². The summed E-state index contributed by atoms with van der Waals surface area (Å²) in [6.45, 7) is 1.16. The van der Waals surface area contributed by atoms with E-state index in [1.165, 1.54) is 7.11 Å². The average molecular weight is 251 g/mol. The van der Waals surface area contributed by atoms with Crippen LogP contribution in [-0.4, -0.2) is 70.4 Å². The first kappa shape index (κ1) is 14.8. The molecule has 6 atom stereocenters. The quantitative estimate of drug-likeness (QED) is 0.375. The van der Waals surface area contributed by atoms with Gasteiger partial charge < -0.3 is 35.6 Å². The summed E-state index contributed by atoms with van der Waals surface area (Å²) < 4.78 is 10.2. The first-order chi connectivity index (χ1) is 7.88. The molecule has 7 nitrogen and oxygen atoms in total. The minimum atomic E-state index is -1.46. The number of ether oxygens (including phenoxy) is 2. The van der Waals surface area contributed by atoms with Gasteiger partial charge in [-0.3, -0.25) is 0 Å². The number of methoxy groups -OCH3 is 1. The zero-order valence-electron chi connectivity index (χ0n) is 9.98. The normalized spacial score (nSPS) is 44.6. The molecule has 1 rings (SSSR count). The van der Waals surface area contributed by atoms with E-state index in [0.29, 0.717) is 0 Å². The van der Waals surface area contributed by atoms with Crippen LogP contribution in [0.15, 0.2) is 0 Å². The maximum atomic E-state index is 9.91. The lowest BCUT2D eigenvalue weighted by atomic mass is 9.83. The molecule has 102 valence electrons. The number of nitrogens with two attached hydrogens (primary N) is 1. The van der Waals surface area contributed by atoms with Crippen molar-refractivity contribution in [2.45, 2.75) is 49.6 Å². The third-order valence-electron chi connectivity index (χ3n) is 3.01. The minimum absolute atomic E-state index is 0.133. The molecule has 0 radical (unpaired) electrons. The zero-order chi connectivity index (χ0) is 13.2. The lowest BCUT2D eigenvalue weighted by Crippen LogP contribution is -2.67. The Morgan fingerprint density at radius 3 is 2.35 bits per heavy atom. The number of aliphatic hydroxyl groups is 4. The Labute approximate surface area is 99.8 Å². The Balaban J connectivity index is 2.95. The van der Waals surface area contributed by atoms with Gasteiger partial charge in [-0.1, -0.05) is 0 Å². The number of hydrogen-bond donors (Lipinski definition) is 5. The monoisotopic (exact) mass is 251 g/mol. The third kappa shape index (κ3) is 2.76. The molecule has 0 bridgehead atoms. The lowest BCUT2D eigenvalue weighted by Gasteiger charge is -2.48. The van der Waals surface area contributed by atoms with Gasteiger partial charge in [-0.25, -0.2) is 0 Å². The smallest absolute Gasteiger partial charge is 0.186 e. The van der Waals surface area contributed by atoms with Crippen LogP contribution < -0.4 is 5.73 Å². The third-order valence-corrected chi connectivity index (χ3v) is 3.01. The molecule has 0 aromatic heterocycles. The zero-order valence-corrected chi connectivity index (χ0v) is 9.98. The fraction of sp³-hybridized carbons (Fsp3) is 1.00. The van der Waals surface area contributed by atoms with Gasteiger partial charge in [0.2, 0.25) is 0 Å². The van der Waals surface area contributed by atoms with Crippen LogP contribution in [0.5, 0.6) is 0 Å². The van der Waals surface area contributed by atoms with E-state index >= 15 is 0 Å². The van der Waals surface area contributed by atoms with E-state index in [0.717, 1.165) is 0 Å². The first-order valence-corrected chi connectivity index (χ1v) is 5.49. The summed E-state index contributed by atoms with van der Waals surface area (Å²) in [5.74, 6) is 0. The van der Waals surface area contributed by atoms with Crippen molar-refractivity contribution in [3.05, 3.63) is 0 Å². The van der Waals surface area contributed by atoms with Crippen molar-refractivity contribution in [3.8, 4) is 0 Å². The molecule has 0 aromatic rings. The molecule has 0 aromatic carbocycles. The molecule has 1 aliphatic heterocycles. The van der Waals surface area contributed by atoms with Gasteiger partial charge in [0, 0.05) is 13.2 Å². The van der Waals surface area contributed by atoms with Crippen molar-refractivity contribution in [1.82, 2.24) is 0 Å². The second-order valence-corrected chi connectivity index (χ2v) is 4.55. The maximum absolute atomic E-state index is 9.91. The second kappa shape index (κ2) is 5.57. The highest BCUT2D eigenvalue weighted by atomic mass is 16.7. The van der Waals surface area contributed by atoms with Crippen LogP contribution in [-0.2, 0) is 9.47 Å². The molecule has 1 saturated heterocycles. The highest BCUT2D eigenvalue weighted by Gasteiger charge is 2.53. The van der Waals surface area contributed by atoms with Gasteiger partial charge in [0.05, 0.1) is 6.61 Å². The van der Waals surface area contributed by atoms with Crippen LogP contribution in [0.25, 0.3) is 0 Å². The number of aliphatic hydroxyl groups excluding tert-OH is 4. The van der Waals surface area contributed by atoms with E-state index in [4.69, 9.17) is 15.2 Å². The molecule has 7 heteroatoms. The highest BCUT2D eigenvalue weighted by Crippen LogP contribution is 2.33. The van der Waals surface area contributed by atoms with E-state index in [1.54, 1.807) is 6.92 Å². The van der Waals surface area contributed by atoms with Gasteiger partial charge in [-0.05, 0) is 13.3 Å². The van der Waals surface area contributed by atoms with Gasteiger partial charge >= 0.3 is 0 Å². The minimum Gasteiger partial charge on any atom is -0.393 e. The van der Waals surface area contributed by atoms with Crippen molar-refractivity contribution in [2.75, 3.05) is 13.7 Å². The Hall–Kier alpha value is -0.280. The fourth-order valence-electron chi connectivity index (χ4n) is 2.13. The first-order valence-electron chi connectivity index (χ1n) is 5.49. The van der Waals surface area contributed by atoms with E-state index in [9.17, 15) is 20.4 Å². The van der Waals surface area contributed by atoms with E-state index in [1.807, 2.05) is 0 Å². The molecule has 0 spiro atoms. The summed E-state index contributed by atoms with van der Waals surface area (Å²) in [6, 6.07) is -0.350. The van der Waals surface area contributed by atoms with Crippen LogP contribution in [0.4, 0.5) is 0 Å². The summed E-state index contributed by atoms with van der Waals surface area (Å²) in [6.07, 6.45) is -5.24. The maximum Gasteiger partial charge on any atom is 0.186 e. The predicted molar refractivity (Wildman–Crippen MR) is 58.0 cm³/mol. The Morgan fingerprint density at radius 1 is 1.35 bits per heavy atom. The van der Waals surface area contributed by atoms with Crippen molar-refractivity contribution in [3.63, 3.8) is 0 Å². The van der Waals surface area contributed by atoms with Gasteiger partial charge in [0.25, 0.3) is 0 Å². The van der Waals surface area contributed by atoms with Crippen molar-refractivity contribution in [2.24, 2.45) is 5.73 Å². The Kier molecular flexibility index (Phi) is 4.85. The molecular formula is C10H21NO6. The van der Waals surface area contributed by atoms with E-state index in [-0.39, 0.29) is 12.5 Å². The van der Waals surface area contributed by atoms with Crippen molar-refractivity contribution in [1.29, 1.82) is 0 Å². The standard InChI is InChI=1S/C10H21NO6/c1-5(11)3-10(4-12)8(15)6(13)7(14)9(16-2)17-10/h5-9,12-15H,3-4,11H2,1-2H3/t5?,6-,7-,8+,9-,10?/m0/s1. The van der Waals surface area contributed by atoms with Crippen LogP contribution >= 0.6 is 0 Å². The second-order valence-electron chi connectivity index (χ2n) is 4.55. The van der Waals surface area contributed by atoms with Gasteiger partial charge in [0.1, 0.15) is 23.9 Å². The van der Waals surface area contributed by atoms with Crippen molar-refractivity contribution >= 4 is 0 Å². The van der Waals surface area contributed by atoms with Crippen LogP contribution in [0.3, 0.4) is 0 Å². The summed E-state index contributed by atoms with van der Waals surface area (Å²) in [7, 11) is 1.30. The summed E-state index contributed by atoms with van der Waals surface area (Å²) in [5, 5.41) is 38.6. The lowest BCUT2D eigenvalue weighted by molar-refractivity contribution is -0.335. The van der Waals surface area contributed by atoms with Crippen LogP contribution in [0.1, 0.15) is 13.3 Å². The molecule has 17 heavy (non-hydrogen) atoms. The molecule has 0 amide bonds. The molecule has 2 unspecified atom stereocenters. The summed E-state index contributed by atoms with van der Waals surface area (Å²) in [4.78, 5) is 0. The number of hydrogen-bond acceptors (Lipinski definition) is 7. The van der Waals surface area contributed by atoms with Crippen molar-refractivity contribution < 1.29 is 29.9 Å². The molecule has 0 saturated carbocycles. The van der Waals surface area contributed by atoms with Gasteiger partial charge in [-0.2, -0.15) is 0 Å². The Morgan fingerprint density at radius 2 is 1.94 bits per heavy atom. The topological polar surface area (TPSA) is 125 Å². The van der Waals surface area contributed by atoms with Crippen LogP contribution in [0.2, 0.25) is 0 Å².